The van der Waals surface area contributed by atoms with Crippen LogP contribution in [0.2, 0.25) is 0 Å². The van der Waals surface area contributed by atoms with Crippen molar-refractivity contribution in [3.05, 3.63) is 35.7 Å². The molecule has 2 heterocycles. The number of nitrogens with zero attached hydrogens (tertiary/aromatic N) is 2. The van der Waals surface area contributed by atoms with Crippen LogP contribution in [0.5, 0.6) is 5.75 Å². The topological polar surface area (TPSA) is 66.9 Å². The van der Waals surface area contributed by atoms with E-state index in [9.17, 15) is 17.6 Å². The summed E-state index contributed by atoms with van der Waals surface area (Å²) in [6.45, 7) is 2.49. The van der Waals surface area contributed by atoms with Crippen LogP contribution in [0, 0.1) is 5.82 Å². The van der Waals surface area contributed by atoms with Crippen LogP contribution >= 0.6 is 0 Å². The van der Waals surface area contributed by atoms with Gasteiger partial charge < -0.3 is 9.64 Å². The molecule has 8 heteroatoms. The molecule has 2 fully saturated rings. The third-order valence-electron chi connectivity index (χ3n) is 4.94. The van der Waals surface area contributed by atoms with Gasteiger partial charge in [0.05, 0.1) is 18.6 Å². The molecule has 6 nitrogen and oxygen atoms in total. The molecular formula is C18H23FN2O4S. The fourth-order valence-electron chi connectivity index (χ4n) is 3.43. The van der Waals surface area contributed by atoms with Crippen LogP contribution in [0.1, 0.15) is 12.0 Å². The van der Waals surface area contributed by atoms with Gasteiger partial charge in [0.1, 0.15) is 0 Å². The van der Waals surface area contributed by atoms with Crippen LogP contribution < -0.4 is 4.74 Å². The number of piperazine rings is 1. The highest BCUT2D eigenvalue weighted by Gasteiger charge is 2.34. The van der Waals surface area contributed by atoms with E-state index in [0.717, 1.165) is 0 Å². The van der Waals surface area contributed by atoms with Crippen LogP contribution in [-0.4, -0.2) is 75.0 Å². The number of benzene rings is 1. The number of sulfone groups is 1. The average molecular weight is 382 g/mol. The Hall–Kier alpha value is -1.93. The second-order valence-corrected chi connectivity index (χ2v) is 8.87. The largest absolute Gasteiger partial charge is 0.494 e. The lowest BCUT2D eigenvalue weighted by molar-refractivity contribution is -0.127. The molecule has 0 aromatic heterocycles. The van der Waals surface area contributed by atoms with Gasteiger partial charge in [-0.1, -0.05) is 6.07 Å². The minimum absolute atomic E-state index is 0.0788. The number of hydrogen-bond donors (Lipinski definition) is 0. The zero-order valence-electron chi connectivity index (χ0n) is 14.7. The number of halogens is 1. The van der Waals surface area contributed by atoms with E-state index in [4.69, 9.17) is 4.74 Å². The van der Waals surface area contributed by atoms with E-state index >= 15 is 0 Å². The summed E-state index contributed by atoms with van der Waals surface area (Å²) >= 11 is 0. The number of methoxy groups -OCH3 is 1. The Balaban J connectivity index is 1.53. The molecule has 1 amide bonds. The average Bonchev–Trinajstić information content (AvgIpc) is 3.00. The number of hydrogen-bond acceptors (Lipinski definition) is 5. The van der Waals surface area contributed by atoms with Crippen molar-refractivity contribution in [2.24, 2.45) is 0 Å². The summed E-state index contributed by atoms with van der Waals surface area (Å²) in [6, 6.07) is 4.61. The second kappa shape index (κ2) is 7.75. The zero-order valence-corrected chi connectivity index (χ0v) is 15.5. The predicted molar refractivity (Wildman–Crippen MR) is 97.2 cm³/mol. The summed E-state index contributed by atoms with van der Waals surface area (Å²) in [5.74, 6) is 0.0580. The van der Waals surface area contributed by atoms with Crippen molar-refractivity contribution in [2.75, 3.05) is 44.8 Å². The third kappa shape index (κ3) is 4.42. The maximum atomic E-state index is 13.7. The molecule has 1 aromatic rings. The van der Waals surface area contributed by atoms with Gasteiger partial charge >= 0.3 is 0 Å². The van der Waals surface area contributed by atoms with Crippen LogP contribution in [0.25, 0.3) is 6.08 Å². The molecule has 0 N–H and O–H groups in total. The first-order chi connectivity index (χ1) is 12.4. The van der Waals surface area contributed by atoms with Crippen molar-refractivity contribution < 1.29 is 22.3 Å². The molecular weight excluding hydrogens is 359 g/mol. The molecule has 142 valence electrons. The molecule has 1 atom stereocenters. The van der Waals surface area contributed by atoms with E-state index in [0.29, 0.717) is 38.2 Å². The van der Waals surface area contributed by atoms with E-state index in [2.05, 4.69) is 4.90 Å². The Morgan fingerprint density at radius 1 is 1.27 bits per heavy atom. The Kier molecular flexibility index (Phi) is 5.62. The number of ether oxygens (including phenoxy) is 1. The lowest BCUT2D eigenvalue weighted by Gasteiger charge is -2.37. The lowest BCUT2D eigenvalue weighted by atomic mass is 10.1. The van der Waals surface area contributed by atoms with Gasteiger partial charge in [-0.2, -0.15) is 0 Å². The van der Waals surface area contributed by atoms with Gasteiger partial charge in [0, 0.05) is 38.3 Å². The van der Waals surface area contributed by atoms with Gasteiger partial charge in [-0.3, -0.25) is 9.69 Å². The zero-order chi connectivity index (χ0) is 18.7. The minimum atomic E-state index is -2.90. The van der Waals surface area contributed by atoms with Gasteiger partial charge in [0.2, 0.25) is 5.91 Å². The molecule has 26 heavy (non-hydrogen) atoms. The first-order valence-electron chi connectivity index (χ1n) is 8.63. The van der Waals surface area contributed by atoms with Gasteiger partial charge in [0.15, 0.2) is 21.4 Å². The summed E-state index contributed by atoms with van der Waals surface area (Å²) < 4.78 is 41.8. The fourth-order valence-corrected chi connectivity index (χ4v) is 5.19. The molecule has 0 radical (unpaired) electrons. The van der Waals surface area contributed by atoms with E-state index in [1.165, 1.54) is 25.3 Å². The van der Waals surface area contributed by atoms with E-state index in [1.54, 1.807) is 17.0 Å². The molecule has 2 aliphatic rings. The Labute approximate surface area is 153 Å². The molecule has 2 saturated heterocycles. The molecule has 0 aliphatic carbocycles. The van der Waals surface area contributed by atoms with Crippen molar-refractivity contribution in [3.8, 4) is 5.75 Å². The first kappa shape index (κ1) is 18.8. The summed E-state index contributed by atoms with van der Waals surface area (Å²) in [5, 5.41) is 0. The van der Waals surface area contributed by atoms with Crippen LogP contribution in [-0.2, 0) is 14.6 Å². The summed E-state index contributed by atoms with van der Waals surface area (Å²) in [4.78, 5) is 16.2. The highest BCUT2D eigenvalue weighted by molar-refractivity contribution is 7.91. The van der Waals surface area contributed by atoms with Crippen molar-refractivity contribution in [3.63, 3.8) is 0 Å². The molecule has 3 rings (SSSR count). The standard InChI is InChI=1S/C18H23FN2O4S/c1-25-17-4-2-14(12-16(17)19)3-5-18(22)21-9-7-20(8-10-21)15-6-11-26(23,24)13-15/h2-5,12,15H,6-11,13H2,1H3/b5-3+/t15-/m1/s1. The fraction of sp³-hybridized carbons (Fsp3) is 0.500. The summed E-state index contributed by atoms with van der Waals surface area (Å²) in [5.41, 5.74) is 0.589. The Morgan fingerprint density at radius 3 is 2.58 bits per heavy atom. The van der Waals surface area contributed by atoms with Gasteiger partial charge in [-0.25, -0.2) is 12.8 Å². The Morgan fingerprint density at radius 2 is 2.00 bits per heavy atom. The smallest absolute Gasteiger partial charge is 0.246 e. The third-order valence-corrected chi connectivity index (χ3v) is 6.70. The highest BCUT2D eigenvalue weighted by Crippen LogP contribution is 2.20. The monoisotopic (exact) mass is 382 g/mol. The number of carbonyl (C=O) groups excluding carboxylic acids is 1. The van der Waals surface area contributed by atoms with Crippen molar-refractivity contribution in [1.82, 2.24) is 9.80 Å². The van der Waals surface area contributed by atoms with E-state index in [-0.39, 0.29) is 29.2 Å². The molecule has 0 bridgehead atoms. The van der Waals surface area contributed by atoms with Crippen LogP contribution in [0.15, 0.2) is 24.3 Å². The van der Waals surface area contributed by atoms with Gasteiger partial charge in [-0.15, -0.1) is 0 Å². The number of carbonyl (C=O) groups is 1. The van der Waals surface area contributed by atoms with Crippen molar-refractivity contribution >= 4 is 21.8 Å². The SMILES string of the molecule is COc1ccc(/C=C/C(=O)N2CCN([C@@H]3CCS(=O)(=O)C3)CC2)cc1F. The first-order valence-corrected chi connectivity index (χ1v) is 10.4. The van der Waals surface area contributed by atoms with Crippen molar-refractivity contribution in [1.29, 1.82) is 0 Å². The molecule has 0 saturated carbocycles. The maximum Gasteiger partial charge on any atom is 0.246 e. The predicted octanol–water partition coefficient (Wildman–Crippen LogP) is 1.18. The molecule has 0 spiro atoms. The number of amides is 1. The van der Waals surface area contributed by atoms with Crippen LogP contribution in [0.4, 0.5) is 4.39 Å². The lowest BCUT2D eigenvalue weighted by Crippen LogP contribution is -2.52. The van der Waals surface area contributed by atoms with Gasteiger partial charge in [0.25, 0.3) is 0 Å². The maximum absolute atomic E-state index is 13.7. The molecule has 1 aromatic carbocycles. The number of rotatable bonds is 4. The summed E-state index contributed by atoms with van der Waals surface area (Å²) in [7, 11) is -1.49. The minimum Gasteiger partial charge on any atom is -0.494 e. The normalized spacial score (nSPS) is 23.5. The molecule has 2 aliphatic heterocycles. The quantitative estimate of drug-likeness (QED) is 0.732. The van der Waals surface area contributed by atoms with E-state index in [1.807, 2.05) is 0 Å². The van der Waals surface area contributed by atoms with E-state index < -0.39 is 15.7 Å². The highest BCUT2D eigenvalue weighted by atomic mass is 32.2. The van der Waals surface area contributed by atoms with Gasteiger partial charge in [-0.05, 0) is 30.2 Å². The molecule has 0 unspecified atom stereocenters. The van der Waals surface area contributed by atoms with Crippen molar-refractivity contribution in [2.45, 2.75) is 12.5 Å². The second-order valence-electron chi connectivity index (χ2n) is 6.65. The summed E-state index contributed by atoms with van der Waals surface area (Å²) in [6.07, 6.45) is 3.71. The Bertz CT molecular complexity index is 801. The van der Waals surface area contributed by atoms with Crippen LogP contribution in [0.3, 0.4) is 0 Å².